The van der Waals surface area contributed by atoms with Gasteiger partial charge in [-0.1, -0.05) is 27.7 Å². The molecule has 4 aromatic rings. The Morgan fingerprint density at radius 2 is 0.429 bits per heavy atom. The van der Waals surface area contributed by atoms with Crippen LogP contribution in [0, 0.1) is 0 Å². The van der Waals surface area contributed by atoms with Crippen molar-refractivity contribution in [2.24, 2.45) is 0 Å². The van der Waals surface area contributed by atoms with Crippen molar-refractivity contribution in [1.82, 2.24) is 19.6 Å². The summed E-state index contributed by atoms with van der Waals surface area (Å²) in [7, 11) is 14.6. The van der Waals surface area contributed by atoms with E-state index in [1.807, 2.05) is 104 Å². The lowest BCUT2D eigenvalue weighted by molar-refractivity contribution is 0.359. The lowest BCUT2D eigenvalue weighted by Crippen LogP contribution is -2.16. The molecule has 0 atom stereocenters. The van der Waals surface area contributed by atoms with Gasteiger partial charge in [-0.05, 0) is 80.6 Å². The molecule has 0 amide bonds. The normalized spacial score (nSPS) is 18.4. The molecule has 0 heterocycles. The Morgan fingerprint density at radius 3 is 0.536 bits per heavy atom. The van der Waals surface area contributed by atoms with Crippen LogP contribution in [-0.4, -0.2) is 117 Å². The van der Waals surface area contributed by atoms with Crippen LogP contribution in [0.1, 0.15) is 118 Å². The molecule has 56 heavy (non-hydrogen) atoms. The minimum Gasteiger partial charge on any atom is -0.507 e. The highest BCUT2D eigenvalue weighted by Gasteiger charge is 2.34. The predicted molar refractivity (Wildman–Crippen MR) is 219 cm³/mol. The summed E-state index contributed by atoms with van der Waals surface area (Å²) in [5.41, 5.74) is 4.34. The summed E-state index contributed by atoms with van der Waals surface area (Å²) >= 11 is 0. The van der Waals surface area contributed by atoms with Gasteiger partial charge in [0.05, 0.1) is 22.3 Å². The standard InChI is InChI=1S/C44H60N4O8/c1-21-25-13-27(39(51)33(37(25)49)17-45(5)6)22(2)29-15-31(43(55)35(41(29)53)19-47(9)10)24(4)32-16-30(42(54)36(44(32)56)20-48(11)12)23(3)28-14-26(21)38(50)34(40(28)52)18-46(7)8/h13-16,21-24,49-56H,17-20H2,1-12H3. The van der Waals surface area contributed by atoms with Gasteiger partial charge in [-0.2, -0.15) is 0 Å². The Kier molecular flexibility index (Phi) is 12.0. The van der Waals surface area contributed by atoms with E-state index >= 15 is 0 Å². The maximum absolute atomic E-state index is 12.0. The molecule has 12 nitrogen and oxygen atoms in total. The largest absolute Gasteiger partial charge is 0.507 e. The second-order valence-corrected chi connectivity index (χ2v) is 16.8. The van der Waals surface area contributed by atoms with Crippen LogP contribution in [0.15, 0.2) is 24.3 Å². The third kappa shape index (κ3) is 7.50. The zero-order valence-corrected chi connectivity index (χ0v) is 34.8. The van der Waals surface area contributed by atoms with Crippen molar-refractivity contribution in [3.05, 3.63) is 91.0 Å². The number of hydrogen-bond acceptors (Lipinski definition) is 12. The Labute approximate surface area is 330 Å². The smallest absolute Gasteiger partial charge is 0.127 e. The molecule has 0 aliphatic heterocycles. The van der Waals surface area contributed by atoms with Gasteiger partial charge in [0, 0.05) is 94.4 Å². The highest BCUT2D eigenvalue weighted by Crippen LogP contribution is 2.53. The average Bonchev–Trinajstić information content (AvgIpc) is 3.10. The molecular formula is C44H60N4O8. The van der Waals surface area contributed by atoms with Crippen LogP contribution in [0.5, 0.6) is 46.0 Å². The quantitative estimate of drug-likeness (QED) is 0.0979. The van der Waals surface area contributed by atoms with Crippen molar-refractivity contribution >= 4 is 0 Å². The fraction of sp³-hybridized carbons (Fsp3) is 0.455. The van der Waals surface area contributed by atoms with Crippen LogP contribution in [0.2, 0.25) is 0 Å². The predicted octanol–water partition coefficient (Wildman–Crippen LogP) is 6.50. The molecule has 0 spiro atoms. The van der Waals surface area contributed by atoms with Gasteiger partial charge in [-0.15, -0.1) is 0 Å². The number of hydrogen-bond donors (Lipinski definition) is 8. The molecule has 0 unspecified atom stereocenters. The topological polar surface area (TPSA) is 175 Å². The molecule has 0 fully saturated rings. The molecule has 1 aliphatic carbocycles. The fourth-order valence-corrected chi connectivity index (χ4v) is 8.23. The van der Waals surface area contributed by atoms with Crippen molar-refractivity contribution < 1.29 is 40.9 Å². The third-order valence-electron chi connectivity index (χ3n) is 11.3. The van der Waals surface area contributed by atoms with E-state index in [0.717, 1.165) is 0 Å². The number of phenolic OH excluding ortho intramolecular Hbond substituents is 8. The Hall–Kier alpha value is -4.88. The molecule has 1 aliphatic rings. The number of fused-ring (bicyclic) bond motifs is 8. The number of aromatic hydroxyl groups is 8. The molecule has 8 bridgehead atoms. The molecule has 4 aromatic carbocycles. The van der Waals surface area contributed by atoms with E-state index < -0.39 is 23.7 Å². The maximum Gasteiger partial charge on any atom is 0.127 e. The molecule has 0 aromatic heterocycles. The van der Waals surface area contributed by atoms with E-state index in [1.165, 1.54) is 0 Å². The van der Waals surface area contributed by atoms with Crippen molar-refractivity contribution in [2.75, 3.05) is 56.4 Å². The van der Waals surface area contributed by atoms with E-state index in [2.05, 4.69) is 0 Å². The van der Waals surface area contributed by atoms with Crippen molar-refractivity contribution in [3.8, 4) is 46.0 Å². The lowest BCUT2D eigenvalue weighted by Gasteiger charge is -2.29. The van der Waals surface area contributed by atoms with Crippen LogP contribution in [0.25, 0.3) is 0 Å². The highest BCUT2D eigenvalue weighted by atomic mass is 16.3. The van der Waals surface area contributed by atoms with Crippen LogP contribution in [0.3, 0.4) is 0 Å². The fourth-order valence-electron chi connectivity index (χ4n) is 8.23. The summed E-state index contributed by atoms with van der Waals surface area (Å²) in [6.07, 6.45) is 0. The van der Waals surface area contributed by atoms with Crippen molar-refractivity contribution in [2.45, 2.75) is 77.5 Å². The molecule has 8 N–H and O–H groups in total. The Balaban J connectivity index is 2.03. The summed E-state index contributed by atoms with van der Waals surface area (Å²) in [5, 5.41) is 95.6. The Morgan fingerprint density at radius 1 is 0.304 bits per heavy atom. The molecule has 0 saturated carbocycles. The molecule has 0 radical (unpaired) electrons. The van der Waals surface area contributed by atoms with E-state index in [9.17, 15) is 40.9 Å². The Bertz CT molecular complexity index is 1730. The molecule has 12 heteroatoms. The van der Waals surface area contributed by atoms with Crippen LogP contribution in [-0.2, 0) is 26.2 Å². The van der Waals surface area contributed by atoms with E-state index in [1.54, 1.807) is 24.3 Å². The summed E-state index contributed by atoms with van der Waals surface area (Å²) < 4.78 is 0. The van der Waals surface area contributed by atoms with Crippen molar-refractivity contribution in [3.63, 3.8) is 0 Å². The first kappa shape index (κ1) is 42.3. The van der Waals surface area contributed by atoms with Gasteiger partial charge in [0.2, 0.25) is 0 Å². The van der Waals surface area contributed by atoms with Gasteiger partial charge >= 0.3 is 0 Å². The summed E-state index contributed by atoms with van der Waals surface area (Å²) in [5.74, 6) is -3.96. The second kappa shape index (κ2) is 15.9. The number of nitrogens with zero attached hydrogens (tertiary/aromatic N) is 4. The van der Waals surface area contributed by atoms with Gasteiger partial charge in [0.1, 0.15) is 46.0 Å². The van der Waals surface area contributed by atoms with Crippen LogP contribution < -0.4 is 0 Å². The van der Waals surface area contributed by atoms with Crippen LogP contribution >= 0.6 is 0 Å². The SMILES string of the molecule is CC1c2cc(c(O)c(CN(C)C)c2O)C(C)c2cc(c(O)c(CN(C)C)c2O)C(C)c2cc(c(O)c(CN(C)C)c2O)C(C)c2cc1c(O)c(CN(C)C)c2O. The molecule has 5 rings (SSSR count). The zero-order valence-electron chi connectivity index (χ0n) is 34.8. The first-order valence-electron chi connectivity index (χ1n) is 19.0. The van der Waals surface area contributed by atoms with Gasteiger partial charge in [-0.3, -0.25) is 0 Å². The number of benzene rings is 4. The average molecular weight is 773 g/mol. The zero-order chi connectivity index (χ0) is 41.8. The monoisotopic (exact) mass is 772 g/mol. The van der Waals surface area contributed by atoms with Crippen LogP contribution in [0.4, 0.5) is 0 Å². The van der Waals surface area contributed by atoms with E-state index in [4.69, 9.17) is 0 Å². The van der Waals surface area contributed by atoms with Gasteiger partial charge < -0.3 is 60.5 Å². The molecule has 0 saturated heterocycles. The van der Waals surface area contributed by atoms with E-state index in [-0.39, 0.29) is 94.4 Å². The molecular weight excluding hydrogens is 713 g/mol. The lowest BCUT2D eigenvalue weighted by atomic mass is 9.78. The first-order chi connectivity index (χ1) is 26.1. The van der Waals surface area contributed by atoms with Gasteiger partial charge in [-0.25, -0.2) is 0 Å². The number of rotatable bonds is 8. The summed E-state index contributed by atoms with van der Waals surface area (Å²) in [4.78, 5) is 7.28. The maximum atomic E-state index is 12.0. The van der Waals surface area contributed by atoms with Gasteiger partial charge in [0.15, 0.2) is 0 Å². The summed E-state index contributed by atoms with van der Waals surface area (Å²) in [6.45, 7) is 8.03. The second-order valence-electron chi connectivity index (χ2n) is 16.8. The third-order valence-corrected chi connectivity index (χ3v) is 11.3. The highest BCUT2D eigenvalue weighted by molar-refractivity contribution is 5.67. The number of phenols is 8. The minimum absolute atomic E-state index is 0.149. The van der Waals surface area contributed by atoms with Crippen molar-refractivity contribution in [1.29, 1.82) is 0 Å². The first-order valence-corrected chi connectivity index (χ1v) is 19.0. The molecule has 304 valence electrons. The summed E-state index contributed by atoms with van der Waals surface area (Å²) in [6, 6.07) is 6.78. The minimum atomic E-state index is -0.690. The van der Waals surface area contributed by atoms with E-state index in [0.29, 0.717) is 44.5 Å². The van der Waals surface area contributed by atoms with Gasteiger partial charge in [0.25, 0.3) is 0 Å².